The molecule has 0 amide bonds. The van der Waals surface area contributed by atoms with E-state index in [1.54, 1.807) is 0 Å². The van der Waals surface area contributed by atoms with E-state index in [4.69, 9.17) is 11.6 Å². The molecule has 170 valence electrons. The molecule has 1 aliphatic carbocycles. The first-order chi connectivity index (χ1) is 14.8. The molecule has 0 saturated carbocycles. The average molecular weight is 474 g/mol. The molecular formula is C21H17ClF5N3O2. The van der Waals surface area contributed by atoms with Crippen molar-refractivity contribution in [3.63, 3.8) is 0 Å². The predicted octanol–water partition coefficient (Wildman–Crippen LogP) is 5.53. The molecule has 3 N–H and O–H groups in total. The largest absolute Gasteiger partial charge is 0.505 e. The molecule has 32 heavy (non-hydrogen) atoms. The van der Waals surface area contributed by atoms with Gasteiger partial charge in [0.15, 0.2) is 17.2 Å². The number of aryl methyl sites for hydroxylation is 1. The van der Waals surface area contributed by atoms with Gasteiger partial charge in [-0.3, -0.25) is 0 Å². The maximum atomic E-state index is 14.3. The maximum absolute atomic E-state index is 14.3. The van der Waals surface area contributed by atoms with Crippen LogP contribution in [-0.4, -0.2) is 32.0 Å². The zero-order valence-corrected chi connectivity index (χ0v) is 17.5. The maximum Gasteiger partial charge on any atom is 0.419 e. The van der Waals surface area contributed by atoms with Crippen LogP contribution in [0.2, 0.25) is 5.02 Å². The molecule has 0 saturated heterocycles. The van der Waals surface area contributed by atoms with Crippen molar-refractivity contribution in [2.45, 2.75) is 44.0 Å². The lowest BCUT2D eigenvalue weighted by Gasteiger charge is -2.45. The first kappa shape index (κ1) is 22.5. The summed E-state index contributed by atoms with van der Waals surface area (Å²) in [5, 5.41) is 23.2. The van der Waals surface area contributed by atoms with Gasteiger partial charge in [0.25, 0.3) is 0 Å². The zero-order chi connectivity index (χ0) is 23.6. The van der Waals surface area contributed by atoms with Crippen molar-refractivity contribution in [3.05, 3.63) is 58.0 Å². The second-order valence-corrected chi connectivity index (χ2v) is 8.31. The Balaban J connectivity index is 1.96. The number of hydrogen-bond acceptors (Lipinski definition) is 5. The molecule has 0 unspecified atom stereocenters. The standard InChI is InChI=1S/C21H17ClF5N3O2/c1-8-6-20(32,21(25,26)27)19(10-5-12(22)16(24)18(31)15(8)10)30-14-4-3-13(23)17-11(14)7-28-9(2)29-17/h3-5,7-8,19,30-32H,6H2,1-2H3/t8-,19+,20-/m1/s1. The number of nitrogens with zero attached hydrogens (tertiary/aromatic N) is 2. The number of rotatable bonds is 2. The number of benzene rings is 2. The number of halogens is 6. The van der Waals surface area contributed by atoms with Crippen LogP contribution in [0.4, 0.5) is 27.6 Å². The Morgan fingerprint density at radius 3 is 2.59 bits per heavy atom. The number of aromatic nitrogens is 2. The van der Waals surface area contributed by atoms with Crippen molar-refractivity contribution in [1.82, 2.24) is 9.97 Å². The number of phenols is 1. The third kappa shape index (κ3) is 3.32. The van der Waals surface area contributed by atoms with Crippen LogP contribution in [0.15, 0.2) is 24.4 Å². The second kappa shape index (κ2) is 7.41. The van der Waals surface area contributed by atoms with E-state index >= 15 is 0 Å². The normalized spacial score (nSPS) is 23.3. The molecule has 0 fully saturated rings. The minimum Gasteiger partial charge on any atom is -0.505 e. The van der Waals surface area contributed by atoms with Crippen LogP contribution < -0.4 is 5.32 Å². The number of alkyl halides is 3. The molecule has 4 rings (SSSR count). The zero-order valence-electron chi connectivity index (χ0n) is 16.7. The molecule has 0 bridgehead atoms. The van der Waals surface area contributed by atoms with E-state index in [1.165, 1.54) is 26.1 Å². The molecule has 0 radical (unpaired) electrons. The number of fused-ring (bicyclic) bond motifs is 2. The number of anilines is 1. The van der Waals surface area contributed by atoms with E-state index in [-0.39, 0.29) is 33.5 Å². The topological polar surface area (TPSA) is 78.3 Å². The van der Waals surface area contributed by atoms with Crippen molar-refractivity contribution in [2.75, 3.05) is 5.32 Å². The predicted molar refractivity (Wildman–Crippen MR) is 108 cm³/mol. The fourth-order valence-electron chi connectivity index (χ4n) is 4.28. The molecule has 3 aromatic rings. The summed E-state index contributed by atoms with van der Waals surface area (Å²) in [7, 11) is 0. The molecule has 11 heteroatoms. The quantitative estimate of drug-likeness (QED) is 0.427. The van der Waals surface area contributed by atoms with Gasteiger partial charge in [-0.05, 0) is 43.0 Å². The van der Waals surface area contributed by atoms with E-state index < -0.39 is 52.6 Å². The second-order valence-electron chi connectivity index (χ2n) is 7.90. The van der Waals surface area contributed by atoms with E-state index in [0.717, 1.165) is 12.1 Å². The number of aromatic hydroxyl groups is 1. The summed E-state index contributed by atoms with van der Waals surface area (Å²) in [5.74, 6) is -3.53. The Morgan fingerprint density at radius 1 is 1.25 bits per heavy atom. The molecule has 5 nitrogen and oxygen atoms in total. The van der Waals surface area contributed by atoms with Gasteiger partial charge in [0.05, 0.1) is 11.1 Å². The first-order valence-corrected chi connectivity index (χ1v) is 9.91. The lowest BCUT2D eigenvalue weighted by Crippen LogP contribution is -2.55. The van der Waals surface area contributed by atoms with Gasteiger partial charge in [-0.1, -0.05) is 18.5 Å². The lowest BCUT2D eigenvalue weighted by molar-refractivity contribution is -0.272. The summed E-state index contributed by atoms with van der Waals surface area (Å²) >= 11 is 5.81. The number of aliphatic hydroxyl groups is 1. The molecular weight excluding hydrogens is 457 g/mol. The summed E-state index contributed by atoms with van der Waals surface area (Å²) in [6.07, 6.45) is -4.71. The highest BCUT2D eigenvalue weighted by atomic mass is 35.5. The van der Waals surface area contributed by atoms with Crippen molar-refractivity contribution < 1.29 is 32.2 Å². The Bertz CT molecular complexity index is 1240. The highest BCUT2D eigenvalue weighted by Gasteiger charge is 2.62. The van der Waals surface area contributed by atoms with Crippen molar-refractivity contribution in [3.8, 4) is 5.75 Å². The Hall–Kier alpha value is -2.72. The summed E-state index contributed by atoms with van der Waals surface area (Å²) in [6, 6.07) is 1.26. The molecule has 1 aliphatic rings. The van der Waals surface area contributed by atoms with Crippen LogP contribution in [0.5, 0.6) is 5.75 Å². The van der Waals surface area contributed by atoms with Gasteiger partial charge in [-0.25, -0.2) is 18.7 Å². The van der Waals surface area contributed by atoms with Crippen LogP contribution in [-0.2, 0) is 0 Å². The molecule has 3 atom stereocenters. The van der Waals surface area contributed by atoms with E-state index in [0.29, 0.717) is 0 Å². The van der Waals surface area contributed by atoms with Gasteiger partial charge in [-0.2, -0.15) is 13.2 Å². The number of phenolic OH excluding ortho intramolecular Hbond substituents is 1. The monoisotopic (exact) mass is 473 g/mol. The first-order valence-electron chi connectivity index (χ1n) is 9.53. The Labute approximate surface area is 183 Å². The molecule has 0 aliphatic heterocycles. The minimum absolute atomic E-state index is 0.00881. The summed E-state index contributed by atoms with van der Waals surface area (Å²) < 4.78 is 70.8. The van der Waals surface area contributed by atoms with Crippen LogP contribution >= 0.6 is 11.6 Å². The highest BCUT2D eigenvalue weighted by Crippen LogP contribution is 2.55. The van der Waals surface area contributed by atoms with E-state index in [9.17, 15) is 32.2 Å². The third-order valence-electron chi connectivity index (χ3n) is 5.78. The molecule has 1 aromatic heterocycles. The summed E-state index contributed by atoms with van der Waals surface area (Å²) in [5.41, 5.74) is -3.74. The lowest BCUT2D eigenvalue weighted by atomic mass is 9.70. The SMILES string of the molecule is Cc1ncc2c(N[C@H]3c4cc(Cl)c(F)c(O)c4[C@H](C)C[C@]3(O)C(F)(F)F)ccc(F)c2n1. The van der Waals surface area contributed by atoms with Crippen molar-refractivity contribution in [1.29, 1.82) is 0 Å². The van der Waals surface area contributed by atoms with E-state index in [2.05, 4.69) is 15.3 Å². The fraction of sp³-hybridized carbons (Fsp3) is 0.333. The Morgan fingerprint density at radius 2 is 1.94 bits per heavy atom. The third-order valence-corrected chi connectivity index (χ3v) is 6.05. The van der Waals surface area contributed by atoms with Gasteiger partial charge in [0.2, 0.25) is 0 Å². The molecule has 1 heterocycles. The van der Waals surface area contributed by atoms with Gasteiger partial charge in [0.1, 0.15) is 17.2 Å². The highest BCUT2D eigenvalue weighted by molar-refractivity contribution is 6.31. The minimum atomic E-state index is -5.10. The smallest absolute Gasteiger partial charge is 0.419 e. The van der Waals surface area contributed by atoms with Crippen LogP contribution in [0.1, 0.15) is 42.3 Å². The van der Waals surface area contributed by atoms with Crippen molar-refractivity contribution >= 4 is 28.2 Å². The van der Waals surface area contributed by atoms with Crippen molar-refractivity contribution in [2.24, 2.45) is 0 Å². The van der Waals surface area contributed by atoms with Crippen LogP contribution in [0, 0.1) is 18.6 Å². The summed E-state index contributed by atoms with van der Waals surface area (Å²) in [4.78, 5) is 7.96. The van der Waals surface area contributed by atoms with Crippen LogP contribution in [0.25, 0.3) is 10.9 Å². The van der Waals surface area contributed by atoms with Gasteiger partial charge >= 0.3 is 6.18 Å². The summed E-state index contributed by atoms with van der Waals surface area (Å²) in [6.45, 7) is 2.86. The average Bonchev–Trinajstić information content (AvgIpc) is 2.69. The van der Waals surface area contributed by atoms with Gasteiger partial charge in [-0.15, -0.1) is 0 Å². The van der Waals surface area contributed by atoms with Gasteiger partial charge in [0, 0.05) is 22.8 Å². The Kier molecular flexibility index (Phi) is 5.21. The number of hydrogen-bond donors (Lipinski definition) is 3. The molecule has 0 spiro atoms. The fourth-order valence-corrected chi connectivity index (χ4v) is 4.49. The van der Waals surface area contributed by atoms with Crippen LogP contribution in [0.3, 0.4) is 0 Å². The number of nitrogens with one attached hydrogen (secondary N) is 1. The molecule has 2 aromatic carbocycles. The van der Waals surface area contributed by atoms with Gasteiger partial charge < -0.3 is 15.5 Å². The van der Waals surface area contributed by atoms with E-state index in [1.807, 2.05) is 0 Å².